The van der Waals surface area contributed by atoms with Crippen molar-refractivity contribution in [1.82, 2.24) is 9.78 Å². The highest BCUT2D eigenvalue weighted by atomic mass is 32.3. The molecule has 1 heterocycles. The first-order valence-electron chi connectivity index (χ1n) is 5.22. The Morgan fingerprint density at radius 3 is 2.58 bits per heavy atom. The van der Waals surface area contributed by atoms with Crippen LogP contribution in [0.3, 0.4) is 0 Å². The van der Waals surface area contributed by atoms with Gasteiger partial charge in [-0.15, -0.1) is 3.89 Å². The lowest BCUT2D eigenvalue weighted by molar-refractivity contribution is 0.102. The smallest absolute Gasteiger partial charge is 0.319 e. The van der Waals surface area contributed by atoms with Crippen molar-refractivity contribution in [3.05, 3.63) is 42.2 Å². The first kappa shape index (κ1) is 13.2. The van der Waals surface area contributed by atoms with E-state index in [1.54, 1.807) is 13.2 Å². The number of para-hydroxylation sites is 1. The summed E-state index contributed by atoms with van der Waals surface area (Å²) in [4.78, 5) is 11.2. The van der Waals surface area contributed by atoms with Crippen LogP contribution in [0.2, 0.25) is 0 Å². The third kappa shape index (κ3) is 2.97. The van der Waals surface area contributed by atoms with Gasteiger partial charge in [-0.05, 0) is 18.2 Å². The molecule has 2 aromatic rings. The molecule has 0 atom stereocenters. The van der Waals surface area contributed by atoms with Crippen molar-refractivity contribution >= 4 is 21.8 Å². The second-order valence-electron chi connectivity index (χ2n) is 3.76. The van der Waals surface area contributed by atoms with Gasteiger partial charge in [0, 0.05) is 13.2 Å². The van der Waals surface area contributed by atoms with E-state index in [4.69, 9.17) is 0 Å². The Labute approximate surface area is 109 Å². The lowest BCUT2D eigenvalue weighted by Crippen LogP contribution is -2.14. The lowest BCUT2D eigenvalue weighted by atomic mass is 10.3. The van der Waals surface area contributed by atoms with Crippen LogP contribution in [0.1, 0.15) is 10.5 Å². The van der Waals surface area contributed by atoms with Gasteiger partial charge in [-0.25, -0.2) is 0 Å². The van der Waals surface area contributed by atoms with E-state index >= 15 is 0 Å². The van der Waals surface area contributed by atoms with E-state index in [2.05, 4.69) is 10.4 Å². The number of rotatable bonds is 3. The minimum atomic E-state index is -4.90. The van der Waals surface area contributed by atoms with Crippen molar-refractivity contribution in [3.63, 3.8) is 0 Å². The minimum Gasteiger partial charge on any atom is -0.319 e. The van der Waals surface area contributed by atoms with Crippen LogP contribution in [0.4, 0.5) is 9.57 Å². The molecular weight excluding hydrogens is 273 g/mol. The number of hydrogen-bond donors (Lipinski definition) is 1. The molecule has 0 aliphatic rings. The Balaban J connectivity index is 2.32. The Morgan fingerprint density at radius 1 is 1.32 bits per heavy atom. The Morgan fingerprint density at radius 2 is 2.00 bits per heavy atom. The standard InChI is InChI=1S/C11H10FN3O3S/c1-15-7-6-9(14-15)11(16)13-8-4-2-3-5-10(8)19(12,17)18/h2-7H,1H3,(H,13,16). The molecule has 0 saturated carbocycles. The van der Waals surface area contributed by atoms with Crippen LogP contribution in [-0.4, -0.2) is 24.1 Å². The average Bonchev–Trinajstić information content (AvgIpc) is 2.75. The molecule has 0 fully saturated rings. The van der Waals surface area contributed by atoms with Gasteiger partial charge in [-0.2, -0.15) is 13.5 Å². The summed E-state index contributed by atoms with van der Waals surface area (Å²) in [6, 6.07) is 6.68. The maximum absolute atomic E-state index is 13.0. The number of aryl methyl sites for hydroxylation is 1. The molecule has 1 aromatic heterocycles. The number of hydrogen-bond acceptors (Lipinski definition) is 4. The van der Waals surface area contributed by atoms with Crippen molar-refractivity contribution in [2.45, 2.75) is 4.90 Å². The van der Waals surface area contributed by atoms with Gasteiger partial charge in [0.05, 0.1) is 5.69 Å². The summed E-state index contributed by atoms with van der Waals surface area (Å²) in [6.45, 7) is 0. The maximum Gasteiger partial charge on any atom is 0.334 e. The fourth-order valence-corrected chi connectivity index (χ4v) is 2.13. The highest BCUT2D eigenvalue weighted by molar-refractivity contribution is 7.86. The molecule has 100 valence electrons. The summed E-state index contributed by atoms with van der Waals surface area (Å²) in [6.07, 6.45) is 1.56. The van der Waals surface area contributed by atoms with E-state index in [0.717, 1.165) is 6.07 Å². The molecule has 8 heteroatoms. The molecule has 0 aliphatic carbocycles. The number of aromatic nitrogens is 2. The number of anilines is 1. The van der Waals surface area contributed by atoms with E-state index in [-0.39, 0.29) is 11.4 Å². The zero-order valence-electron chi connectivity index (χ0n) is 9.87. The van der Waals surface area contributed by atoms with Gasteiger partial charge in [-0.1, -0.05) is 12.1 Å². The highest BCUT2D eigenvalue weighted by Gasteiger charge is 2.19. The van der Waals surface area contributed by atoms with Crippen LogP contribution >= 0.6 is 0 Å². The molecule has 1 aromatic carbocycles. The predicted octanol–water partition coefficient (Wildman–Crippen LogP) is 1.33. The predicted molar refractivity (Wildman–Crippen MR) is 65.9 cm³/mol. The van der Waals surface area contributed by atoms with Crippen molar-refractivity contribution in [2.75, 3.05) is 5.32 Å². The van der Waals surface area contributed by atoms with E-state index in [0.29, 0.717) is 0 Å². The molecule has 0 unspecified atom stereocenters. The molecule has 2 rings (SSSR count). The van der Waals surface area contributed by atoms with Crippen molar-refractivity contribution in [3.8, 4) is 0 Å². The number of nitrogens with one attached hydrogen (secondary N) is 1. The summed E-state index contributed by atoms with van der Waals surface area (Å²) >= 11 is 0. The summed E-state index contributed by atoms with van der Waals surface area (Å²) in [5, 5.41) is 6.17. The third-order valence-electron chi connectivity index (χ3n) is 2.34. The van der Waals surface area contributed by atoms with Gasteiger partial charge >= 0.3 is 10.2 Å². The zero-order chi connectivity index (χ0) is 14.0. The van der Waals surface area contributed by atoms with Crippen LogP contribution in [-0.2, 0) is 17.3 Å². The number of carbonyl (C=O) groups excluding carboxylic acids is 1. The second kappa shape index (κ2) is 4.81. The molecule has 1 N–H and O–H groups in total. The molecule has 0 saturated heterocycles. The fraction of sp³-hybridized carbons (Fsp3) is 0.0909. The molecule has 0 bridgehead atoms. The van der Waals surface area contributed by atoms with E-state index in [9.17, 15) is 17.1 Å². The van der Waals surface area contributed by atoms with E-state index in [1.165, 1.54) is 28.9 Å². The van der Waals surface area contributed by atoms with Crippen LogP contribution in [0.15, 0.2) is 41.4 Å². The first-order chi connectivity index (χ1) is 8.88. The van der Waals surface area contributed by atoms with Gasteiger partial charge in [0.25, 0.3) is 5.91 Å². The number of nitrogens with zero attached hydrogens (tertiary/aromatic N) is 2. The maximum atomic E-state index is 13.0. The average molecular weight is 283 g/mol. The largest absolute Gasteiger partial charge is 0.334 e. The van der Waals surface area contributed by atoms with Crippen LogP contribution in [0.25, 0.3) is 0 Å². The lowest BCUT2D eigenvalue weighted by Gasteiger charge is -2.06. The number of amides is 1. The van der Waals surface area contributed by atoms with Gasteiger partial charge in [0.15, 0.2) is 5.69 Å². The van der Waals surface area contributed by atoms with Crippen LogP contribution in [0, 0.1) is 0 Å². The molecule has 0 radical (unpaired) electrons. The SMILES string of the molecule is Cn1ccc(C(=O)Nc2ccccc2S(=O)(=O)F)n1. The Hall–Kier alpha value is -2.22. The van der Waals surface area contributed by atoms with Crippen LogP contribution in [0.5, 0.6) is 0 Å². The minimum absolute atomic E-state index is 0.105. The fourth-order valence-electron chi connectivity index (χ4n) is 1.51. The number of benzene rings is 1. The summed E-state index contributed by atoms with van der Waals surface area (Å²) < 4.78 is 36.3. The third-order valence-corrected chi connectivity index (χ3v) is 3.23. The van der Waals surface area contributed by atoms with E-state index < -0.39 is 21.0 Å². The summed E-state index contributed by atoms with van der Waals surface area (Å²) in [5.41, 5.74) is -0.0192. The van der Waals surface area contributed by atoms with Gasteiger partial charge in [-0.3, -0.25) is 9.48 Å². The molecule has 0 aliphatic heterocycles. The monoisotopic (exact) mass is 283 g/mol. The van der Waals surface area contributed by atoms with E-state index in [1.807, 2.05) is 0 Å². The summed E-state index contributed by atoms with van der Waals surface area (Å²) in [5.74, 6) is -0.614. The quantitative estimate of drug-likeness (QED) is 0.862. The van der Waals surface area contributed by atoms with Crippen molar-refractivity contribution in [2.24, 2.45) is 7.05 Å². The molecule has 19 heavy (non-hydrogen) atoms. The normalized spacial score (nSPS) is 11.3. The second-order valence-corrected chi connectivity index (χ2v) is 5.08. The first-order valence-corrected chi connectivity index (χ1v) is 6.61. The van der Waals surface area contributed by atoms with Crippen molar-refractivity contribution < 1.29 is 17.1 Å². The number of halogens is 1. The van der Waals surface area contributed by atoms with Crippen molar-refractivity contribution in [1.29, 1.82) is 0 Å². The molecular formula is C11H10FN3O3S. The Kier molecular flexibility index (Phi) is 3.34. The molecule has 0 spiro atoms. The number of carbonyl (C=O) groups is 1. The van der Waals surface area contributed by atoms with Gasteiger partial charge < -0.3 is 5.32 Å². The topological polar surface area (TPSA) is 81.1 Å². The Bertz CT molecular complexity index is 724. The van der Waals surface area contributed by atoms with Gasteiger partial charge in [0.2, 0.25) is 0 Å². The highest BCUT2D eigenvalue weighted by Crippen LogP contribution is 2.22. The van der Waals surface area contributed by atoms with Gasteiger partial charge in [0.1, 0.15) is 4.90 Å². The van der Waals surface area contributed by atoms with Crippen LogP contribution < -0.4 is 5.32 Å². The summed E-state index contributed by atoms with van der Waals surface area (Å²) in [7, 11) is -3.26. The molecule has 1 amide bonds. The molecule has 6 nitrogen and oxygen atoms in total. The zero-order valence-corrected chi connectivity index (χ0v) is 10.7.